The lowest BCUT2D eigenvalue weighted by molar-refractivity contribution is 0.218. The van der Waals surface area contributed by atoms with Crippen LogP contribution < -0.4 is 5.73 Å². The van der Waals surface area contributed by atoms with Gasteiger partial charge in [-0.1, -0.05) is 19.8 Å². The molecular formula is C15H27N3. The van der Waals surface area contributed by atoms with E-state index in [-0.39, 0.29) is 0 Å². The molecule has 3 heteroatoms. The summed E-state index contributed by atoms with van der Waals surface area (Å²) in [5, 5.41) is 0. The number of hydrogen-bond acceptors (Lipinski definition) is 2. The van der Waals surface area contributed by atoms with Crippen LogP contribution >= 0.6 is 0 Å². The number of rotatable bonds is 5. The second-order valence-corrected chi connectivity index (χ2v) is 5.73. The molecule has 1 fully saturated rings. The molecule has 0 bridgehead atoms. The quantitative estimate of drug-likeness (QED) is 0.872. The average molecular weight is 249 g/mol. The van der Waals surface area contributed by atoms with Crippen LogP contribution in [0.3, 0.4) is 0 Å². The molecule has 1 aliphatic rings. The van der Waals surface area contributed by atoms with Crippen molar-refractivity contribution in [1.82, 2.24) is 9.55 Å². The molecule has 102 valence electrons. The Balaban J connectivity index is 1.98. The molecule has 0 amide bonds. The minimum atomic E-state index is 0.375. The molecule has 1 aliphatic carbocycles. The third kappa shape index (κ3) is 3.14. The molecule has 1 aromatic heterocycles. The molecule has 0 radical (unpaired) electrons. The van der Waals surface area contributed by atoms with E-state index in [0.717, 1.165) is 18.9 Å². The highest BCUT2D eigenvalue weighted by Crippen LogP contribution is 2.33. The highest BCUT2D eigenvalue weighted by Gasteiger charge is 2.28. The Morgan fingerprint density at radius 2 is 2.22 bits per heavy atom. The molecule has 0 saturated heterocycles. The van der Waals surface area contributed by atoms with Gasteiger partial charge in [-0.15, -0.1) is 0 Å². The number of aromatic nitrogens is 2. The molecule has 18 heavy (non-hydrogen) atoms. The van der Waals surface area contributed by atoms with E-state index in [1.165, 1.54) is 37.9 Å². The zero-order valence-electron chi connectivity index (χ0n) is 11.8. The summed E-state index contributed by atoms with van der Waals surface area (Å²) in [4.78, 5) is 4.49. The summed E-state index contributed by atoms with van der Waals surface area (Å²) < 4.78 is 2.25. The molecule has 3 atom stereocenters. The lowest BCUT2D eigenvalue weighted by Crippen LogP contribution is -2.37. The Kier molecular flexibility index (Phi) is 4.81. The third-order valence-electron chi connectivity index (χ3n) is 4.43. The lowest BCUT2D eigenvalue weighted by atomic mass is 9.75. The van der Waals surface area contributed by atoms with E-state index in [4.69, 9.17) is 5.73 Å². The molecular weight excluding hydrogens is 222 g/mol. The Morgan fingerprint density at radius 3 is 2.94 bits per heavy atom. The van der Waals surface area contributed by atoms with Crippen molar-refractivity contribution in [2.24, 2.45) is 17.6 Å². The van der Waals surface area contributed by atoms with Gasteiger partial charge in [0.05, 0.1) is 0 Å². The first-order chi connectivity index (χ1) is 8.74. The SMILES string of the molecule is CCCC1CCC(N)C(Cc2nccn2CC)C1. The average Bonchev–Trinajstić information content (AvgIpc) is 2.81. The zero-order chi connectivity index (χ0) is 13.0. The van der Waals surface area contributed by atoms with Crippen molar-refractivity contribution < 1.29 is 0 Å². The monoisotopic (exact) mass is 249 g/mol. The van der Waals surface area contributed by atoms with E-state index >= 15 is 0 Å². The third-order valence-corrected chi connectivity index (χ3v) is 4.43. The van der Waals surface area contributed by atoms with Gasteiger partial charge in [0.2, 0.25) is 0 Å². The van der Waals surface area contributed by atoms with Crippen LogP contribution in [0.15, 0.2) is 12.4 Å². The second kappa shape index (κ2) is 6.37. The van der Waals surface area contributed by atoms with Crippen molar-refractivity contribution in [3.05, 3.63) is 18.2 Å². The number of hydrogen-bond donors (Lipinski definition) is 1. The summed E-state index contributed by atoms with van der Waals surface area (Å²) >= 11 is 0. The van der Waals surface area contributed by atoms with Crippen LogP contribution in [0.4, 0.5) is 0 Å². The number of aryl methyl sites for hydroxylation is 1. The maximum absolute atomic E-state index is 6.31. The highest BCUT2D eigenvalue weighted by atomic mass is 15.1. The Morgan fingerprint density at radius 1 is 1.39 bits per heavy atom. The minimum absolute atomic E-state index is 0.375. The minimum Gasteiger partial charge on any atom is -0.335 e. The molecule has 3 nitrogen and oxygen atoms in total. The first kappa shape index (κ1) is 13.6. The molecule has 2 rings (SSSR count). The van der Waals surface area contributed by atoms with Gasteiger partial charge in [0.15, 0.2) is 0 Å². The predicted octanol–water partition coefficient (Wildman–Crippen LogP) is 2.99. The largest absolute Gasteiger partial charge is 0.335 e. The van der Waals surface area contributed by atoms with E-state index in [1.807, 2.05) is 6.20 Å². The summed E-state index contributed by atoms with van der Waals surface area (Å²) in [6.45, 7) is 5.47. The fraction of sp³-hybridized carbons (Fsp3) is 0.800. The molecule has 1 heterocycles. The molecule has 0 aromatic carbocycles. The van der Waals surface area contributed by atoms with Crippen LogP contribution in [-0.2, 0) is 13.0 Å². The number of imidazole rings is 1. The van der Waals surface area contributed by atoms with Crippen LogP contribution in [0.25, 0.3) is 0 Å². The van der Waals surface area contributed by atoms with Gasteiger partial charge in [0, 0.05) is 31.4 Å². The summed E-state index contributed by atoms with van der Waals surface area (Å²) in [6, 6.07) is 0.375. The molecule has 0 aliphatic heterocycles. The maximum Gasteiger partial charge on any atom is 0.108 e. The van der Waals surface area contributed by atoms with Crippen LogP contribution in [0.2, 0.25) is 0 Å². The van der Waals surface area contributed by atoms with Gasteiger partial charge in [-0.05, 0) is 38.0 Å². The van der Waals surface area contributed by atoms with E-state index < -0.39 is 0 Å². The summed E-state index contributed by atoms with van der Waals surface area (Å²) in [7, 11) is 0. The van der Waals surface area contributed by atoms with E-state index in [9.17, 15) is 0 Å². The second-order valence-electron chi connectivity index (χ2n) is 5.73. The smallest absolute Gasteiger partial charge is 0.108 e. The molecule has 0 spiro atoms. The topological polar surface area (TPSA) is 43.8 Å². The lowest BCUT2D eigenvalue weighted by Gasteiger charge is -2.34. The van der Waals surface area contributed by atoms with Crippen LogP contribution in [0.1, 0.15) is 51.8 Å². The van der Waals surface area contributed by atoms with E-state index in [0.29, 0.717) is 12.0 Å². The summed E-state index contributed by atoms with van der Waals surface area (Å²) in [5.41, 5.74) is 6.31. The zero-order valence-corrected chi connectivity index (χ0v) is 11.8. The van der Waals surface area contributed by atoms with Gasteiger partial charge in [-0.25, -0.2) is 4.98 Å². The van der Waals surface area contributed by atoms with Crippen LogP contribution in [0.5, 0.6) is 0 Å². The first-order valence-electron chi connectivity index (χ1n) is 7.50. The van der Waals surface area contributed by atoms with Crippen molar-refractivity contribution in [2.45, 2.75) is 65.0 Å². The maximum atomic E-state index is 6.31. The Labute approximate surface area is 111 Å². The summed E-state index contributed by atoms with van der Waals surface area (Å²) in [6.07, 6.45) is 11.5. The Bertz CT molecular complexity index is 358. The van der Waals surface area contributed by atoms with Gasteiger partial charge >= 0.3 is 0 Å². The summed E-state index contributed by atoms with van der Waals surface area (Å²) in [5.74, 6) is 2.74. The van der Waals surface area contributed by atoms with Crippen molar-refractivity contribution in [3.8, 4) is 0 Å². The molecule has 1 aromatic rings. The molecule has 1 saturated carbocycles. The predicted molar refractivity (Wildman–Crippen MR) is 75.3 cm³/mol. The van der Waals surface area contributed by atoms with Crippen LogP contribution in [-0.4, -0.2) is 15.6 Å². The van der Waals surface area contributed by atoms with Crippen LogP contribution in [0, 0.1) is 11.8 Å². The van der Waals surface area contributed by atoms with Gasteiger partial charge in [-0.2, -0.15) is 0 Å². The molecule has 3 unspecified atom stereocenters. The fourth-order valence-corrected chi connectivity index (χ4v) is 3.34. The van der Waals surface area contributed by atoms with Crippen molar-refractivity contribution in [3.63, 3.8) is 0 Å². The Hall–Kier alpha value is -0.830. The fourth-order valence-electron chi connectivity index (χ4n) is 3.34. The highest BCUT2D eigenvalue weighted by molar-refractivity contribution is 4.97. The standard InChI is InChI=1S/C15H27N3/c1-3-5-12-6-7-14(16)13(10-12)11-15-17-8-9-18(15)4-2/h8-9,12-14H,3-7,10-11,16H2,1-2H3. The van der Waals surface area contributed by atoms with Gasteiger partial charge in [0.1, 0.15) is 5.82 Å². The van der Waals surface area contributed by atoms with E-state index in [1.54, 1.807) is 0 Å². The van der Waals surface area contributed by atoms with Crippen molar-refractivity contribution in [1.29, 1.82) is 0 Å². The number of nitrogens with zero attached hydrogens (tertiary/aromatic N) is 2. The van der Waals surface area contributed by atoms with Gasteiger partial charge in [0.25, 0.3) is 0 Å². The van der Waals surface area contributed by atoms with Gasteiger partial charge in [-0.3, -0.25) is 0 Å². The van der Waals surface area contributed by atoms with E-state index in [2.05, 4.69) is 29.6 Å². The normalized spacial score (nSPS) is 28.5. The first-order valence-corrected chi connectivity index (χ1v) is 7.50. The van der Waals surface area contributed by atoms with Gasteiger partial charge < -0.3 is 10.3 Å². The van der Waals surface area contributed by atoms with Crippen molar-refractivity contribution in [2.75, 3.05) is 0 Å². The molecule has 2 N–H and O–H groups in total. The van der Waals surface area contributed by atoms with Crippen molar-refractivity contribution >= 4 is 0 Å². The number of nitrogens with two attached hydrogens (primary N) is 1.